The summed E-state index contributed by atoms with van der Waals surface area (Å²) in [4.78, 5) is 17.7. The van der Waals surface area contributed by atoms with Gasteiger partial charge in [0.1, 0.15) is 11.9 Å². The van der Waals surface area contributed by atoms with Crippen molar-refractivity contribution in [3.05, 3.63) is 48.6 Å². The second-order valence-corrected chi connectivity index (χ2v) is 5.10. The molecule has 8 heteroatoms. The van der Waals surface area contributed by atoms with E-state index in [0.717, 1.165) is 0 Å². The Kier molecular flexibility index (Phi) is 6.02. The van der Waals surface area contributed by atoms with Gasteiger partial charge in [-0.05, 0) is 19.1 Å². The predicted molar refractivity (Wildman–Crippen MR) is 85.5 cm³/mol. The molecule has 0 saturated carbocycles. The third kappa shape index (κ3) is 4.39. The third-order valence-corrected chi connectivity index (χ3v) is 3.24. The number of halogens is 1. The topological polar surface area (TPSA) is 91.5 Å². The number of aliphatic hydroxyl groups excluding tert-OH is 1. The lowest BCUT2D eigenvalue weighted by molar-refractivity contribution is 0.179. The molecule has 0 radical (unpaired) electrons. The monoisotopic (exact) mass is 334 g/mol. The van der Waals surface area contributed by atoms with Crippen LogP contribution in [-0.2, 0) is 0 Å². The molecular formula is C16H19FN4O3. The van der Waals surface area contributed by atoms with Gasteiger partial charge in [-0.2, -0.15) is 4.98 Å². The lowest BCUT2D eigenvalue weighted by Crippen LogP contribution is -2.42. The first-order valence-electron chi connectivity index (χ1n) is 7.42. The van der Waals surface area contributed by atoms with Crippen molar-refractivity contribution in [3.63, 3.8) is 0 Å². The first-order valence-corrected chi connectivity index (χ1v) is 7.42. The number of carbonyl (C=O) groups is 1. The quantitative estimate of drug-likeness (QED) is 0.757. The Morgan fingerprint density at radius 1 is 1.58 bits per heavy atom. The predicted octanol–water partition coefficient (Wildman–Crippen LogP) is 2.13. The van der Waals surface area contributed by atoms with Crippen LogP contribution in [0.1, 0.15) is 18.9 Å². The van der Waals surface area contributed by atoms with E-state index < -0.39 is 11.9 Å². The molecular weight excluding hydrogens is 315 g/mol. The van der Waals surface area contributed by atoms with Crippen molar-refractivity contribution in [1.29, 1.82) is 0 Å². The van der Waals surface area contributed by atoms with Gasteiger partial charge in [0.25, 0.3) is 0 Å². The summed E-state index contributed by atoms with van der Waals surface area (Å²) in [7, 11) is 0. The van der Waals surface area contributed by atoms with E-state index >= 15 is 0 Å². The molecule has 0 aliphatic heterocycles. The number of benzene rings is 1. The SMILES string of the molecule is C=CCN(CCO)C(=O)NC(C)c1nc(-c2cccc(F)c2)no1. The summed E-state index contributed by atoms with van der Waals surface area (Å²) in [5.41, 5.74) is 0.483. The summed E-state index contributed by atoms with van der Waals surface area (Å²) < 4.78 is 18.4. The van der Waals surface area contributed by atoms with Crippen LogP contribution in [0.15, 0.2) is 41.4 Å². The molecule has 24 heavy (non-hydrogen) atoms. The van der Waals surface area contributed by atoms with Gasteiger partial charge in [-0.1, -0.05) is 23.4 Å². The largest absolute Gasteiger partial charge is 0.395 e. The van der Waals surface area contributed by atoms with Crippen LogP contribution in [0.5, 0.6) is 0 Å². The van der Waals surface area contributed by atoms with Gasteiger partial charge in [0.15, 0.2) is 0 Å². The summed E-state index contributed by atoms with van der Waals surface area (Å²) in [5.74, 6) is 0.0401. The molecule has 0 spiro atoms. The van der Waals surface area contributed by atoms with Gasteiger partial charge in [-0.15, -0.1) is 6.58 Å². The molecule has 128 valence electrons. The van der Waals surface area contributed by atoms with Gasteiger partial charge >= 0.3 is 6.03 Å². The second-order valence-electron chi connectivity index (χ2n) is 5.10. The zero-order valence-electron chi connectivity index (χ0n) is 13.3. The van der Waals surface area contributed by atoms with E-state index in [1.807, 2.05) is 0 Å². The number of hydrogen-bond donors (Lipinski definition) is 2. The maximum absolute atomic E-state index is 13.2. The van der Waals surface area contributed by atoms with E-state index in [1.165, 1.54) is 17.0 Å². The highest BCUT2D eigenvalue weighted by Crippen LogP contribution is 2.19. The second kappa shape index (κ2) is 8.21. The molecule has 1 unspecified atom stereocenters. The van der Waals surface area contributed by atoms with E-state index in [9.17, 15) is 9.18 Å². The van der Waals surface area contributed by atoms with Crippen LogP contribution in [0.25, 0.3) is 11.4 Å². The molecule has 0 fully saturated rings. The number of carbonyl (C=O) groups excluding carboxylic acids is 1. The molecule has 0 aliphatic carbocycles. The Labute approximate surface area is 138 Å². The molecule has 0 saturated heterocycles. The summed E-state index contributed by atoms with van der Waals surface area (Å²) in [6, 6.07) is 4.90. The number of amides is 2. The highest BCUT2D eigenvalue weighted by Gasteiger charge is 2.20. The van der Waals surface area contributed by atoms with Gasteiger partial charge in [0.2, 0.25) is 11.7 Å². The number of nitrogens with zero attached hydrogens (tertiary/aromatic N) is 3. The minimum atomic E-state index is -0.543. The minimum absolute atomic E-state index is 0.153. The van der Waals surface area contributed by atoms with E-state index in [1.54, 1.807) is 25.1 Å². The molecule has 0 aliphatic rings. The number of rotatable bonds is 7. The smallest absolute Gasteiger partial charge is 0.318 e. The van der Waals surface area contributed by atoms with Gasteiger partial charge in [0, 0.05) is 18.7 Å². The van der Waals surface area contributed by atoms with Crippen molar-refractivity contribution in [3.8, 4) is 11.4 Å². The molecule has 0 bridgehead atoms. The molecule has 7 nitrogen and oxygen atoms in total. The van der Waals surface area contributed by atoms with Crippen LogP contribution in [0.3, 0.4) is 0 Å². The number of urea groups is 1. The maximum atomic E-state index is 13.2. The fraction of sp³-hybridized carbons (Fsp3) is 0.312. The van der Waals surface area contributed by atoms with Crippen LogP contribution in [-0.4, -0.2) is 45.9 Å². The van der Waals surface area contributed by atoms with Crippen molar-refractivity contribution >= 4 is 6.03 Å². The summed E-state index contributed by atoms with van der Waals surface area (Å²) in [6.07, 6.45) is 1.56. The summed E-state index contributed by atoms with van der Waals surface area (Å²) in [6.45, 7) is 5.59. The lowest BCUT2D eigenvalue weighted by atomic mass is 10.2. The average Bonchev–Trinajstić information content (AvgIpc) is 3.04. The fourth-order valence-corrected chi connectivity index (χ4v) is 2.05. The minimum Gasteiger partial charge on any atom is -0.395 e. The van der Waals surface area contributed by atoms with Crippen molar-refractivity contribution in [2.24, 2.45) is 0 Å². The molecule has 2 N–H and O–H groups in total. The summed E-state index contributed by atoms with van der Waals surface area (Å²) in [5, 5.41) is 15.5. The highest BCUT2D eigenvalue weighted by molar-refractivity contribution is 5.74. The number of hydrogen-bond acceptors (Lipinski definition) is 5. The Morgan fingerprint density at radius 3 is 3.04 bits per heavy atom. The maximum Gasteiger partial charge on any atom is 0.318 e. The molecule has 1 aromatic carbocycles. The zero-order valence-corrected chi connectivity index (χ0v) is 13.3. The van der Waals surface area contributed by atoms with Crippen LogP contribution in [0.2, 0.25) is 0 Å². The van der Waals surface area contributed by atoms with Crippen LogP contribution < -0.4 is 5.32 Å². The molecule has 1 atom stereocenters. The normalized spacial score (nSPS) is 11.8. The van der Waals surface area contributed by atoms with Crippen molar-refractivity contribution in [2.75, 3.05) is 19.7 Å². The number of aliphatic hydroxyl groups is 1. The van der Waals surface area contributed by atoms with Gasteiger partial charge in [-0.3, -0.25) is 0 Å². The number of nitrogens with one attached hydrogen (secondary N) is 1. The Morgan fingerprint density at radius 2 is 2.38 bits per heavy atom. The van der Waals surface area contributed by atoms with Gasteiger partial charge in [-0.25, -0.2) is 9.18 Å². The van der Waals surface area contributed by atoms with Crippen molar-refractivity contribution in [1.82, 2.24) is 20.4 Å². The Hall–Kier alpha value is -2.74. The van der Waals surface area contributed by atoms with E-state index in [4.69, 9.17) is 9.63 Å². The van der Waals surface area contributed by atoms with Crippen LogP contribution in [0.4, 0.5) is 9.18 Å². The van der Waals surface area contributed by atoms with E-state index in [2.05, 4.69) is 22.0 Å². The van der Waals surface area contributed by atoms with Crippen LogP contribution in [0, 0.1) is 5.82 Å². The molecule has 2 amide bonds. The zero-order chi connectivity index (χ0) is 17.5. The molecule has 2 aromatic rings. The average molecular weight is 334 g/mol. The Balaban J connectivity index is 2.06. The molecule has 1 heterocycles. The van der Waals surface area contributed by atoms with Gasteiger partial charge in [0.05, 0.1) is 6.61 Å². The highest BCUT2D eigenvalue weighted by atomic mass is 19.1. The third-order valence-electron chi connectivity index (χ3n) is 3.24. The fourth-order valence-electron chi connectivity index (χ4n) is 2.05. The first-order chi connectivity index (χ1) is 11.5. The van der Waals surface area contributed by atoms with Crippen molar-refractivity contribution < 1.29 is 18.8 Å². The number of aromatic nitrogens is 2. The van der Waals surface area contributed by atoms with E-state index in [0.29, 0.717) is 12.1 Å². The lowest BCUT2D eigenvalue weighted by Gasteiger charge is -2.22. The van der Waals surface area contributed by atoms with Crippen LogP contribution >= 0.6 is 0 Å². The molecule has 1 aromatic heterocycles. The standard InChI is InChI=1S/C16H19FN4O3/c1-3-7-21(8-9-22)16(23)18-11(2)15-19-14(20-24-15)12-5-4-6-13(17)10-12/h3-6,10-11,22H,1,7-9H2,2H3,(H,18,23). The first kappa shape index (κ1) is 17.6. The van der Waals surface area contributed by atoms with Crippen molar-refractivity contribution in [2.45, 2.75) is 13.0 Å². The molecule has 2 rings (SSSR count). The Bertz CT molecular complexity index is 704. The van der Waals surface area contributed by atoms with E-state index in [-0.39, 0.29) is 30.9 Å². The van der Waals surface area contributed by atoms with Gasteiger partial charge < -0.3 is 19.8 Å². The summed E-state index contributed by atoms with van der Waals surface area (Å²) >= 11 is 0.